The van der Waals surface area contributed by atoms with E-state index in [1.807, 2.05) is 0 Å². The van der Waals surface area contributed by atoms with E-state index in [4.69, 9.17) is 9.47 Å². The molecule has 1 heterocycles. The van der Waals surface area contributed by atoms with Crippen molar-refractivity contribution < 1.29 is 18.3 Å². The summed E-state index contributed by atoms with van der Waals surface area (Å²) in [5, 5.41) is 0. The zero-order valence-corrected chi connectivity index (χ0v) is 12.8. The van der Waals surface area contributed by atoms with Gasteiger partial charge in [-0.3, -0.25) is 0 Å². The van der Waals surface area contributed by atoms with Crippen molar-refractivity contribution in [1.82, 2.24) is 0 Å². The Kier molecular flexibility index (Phi) is 5.97. The van der Waals surface area contributed by atoms with Crippen LogP contribution < -0.4 is 4.74 Å². The maximum Gasteiger partial charge on any atom is 0.200 e. The van der Waals surface area contributed by atoms with E-state index in [9.17, 15) is 8.78 Å². The molecule has 2 atom stereocenters. The number of benzene rings is 1. The monoisotopic (exact) mass is 298 g/mol. The third kappa shape index (κ3) is 4.16. The minimum Gasteiger partial charge on any atom is -0.491 e. The van der Waals surface area contributed by atoms with E-state index in [1.54, 1.807) is 13.0 Å². The molecule has 0 aliphatic carbocycles. The molecule has 2 unspecified atom stereocenters. The van der Waals surface area contributed by atoms with Gasteiger partial charge in [0, 0.05) is 0 Å². The maximum atomic E-state index is 14.0. The van der Waals surface area contributed by atoms with Gasteiger partial charge in [0.25, 0.3) is 0 Å². The van der Waals surface area contributed by atoms with E-state index in [1.165, 1.54) is 6.07 Å². The second-order valence-corrected chi connectivity index (χ2v) is 5.57. The molecule has 1 aliphatic rings. The molecule has 118 valence electrons. The Bertz CT molecular complexity index is 462. The normalized spacial score (nSPS) is 21.7. The SMILES string of the molecule is CCCC1CCC(CCc2ccc(OCC)c(F)c2F)O1. The molecule has 1 aliphatic heterocycles. The first kappa shape index (κ1) is 16.2. The van der Waals surface area contributed by atoms with Gasteiger partial charge in [0.15, 0.2) is 11.6 Å². The Morgan fingerprint density at radius 1 is 1.10 bits per heavy atom. The summed E-state index contributed by atoms with van der Waals surface area (Å²) in [6.07, 6.45) is 6.07. The molecule has 2 rings (SSSR count). The average molecular weight is 298 g/mol. The van der Waals surface area contributed by atoms with Crippen LogP contribution in [-0.4, -0.2) is 18.8 Å². The van der Waals surface area contributed by atoms with Crippen LogP contribution in [0.15, 0.2) is 12.1 Å². The molecule has 1 aromatic carbocycles. The Morgan fingerprint density at radius 3 is 2.48 bits per heavy atom. The summed E-state index contributed by atoms with van der Waals surface area (Å²) in [5.41, 5.74) is 0.401. The summed E-state index contributed by atoms with van der Waals surface area (Å²) in [6, 6.07) is 3.12. The van der Waals surface area contributed by atoms with Crippen molar-refractivity contribution in [3.05, 3.63) is 29.3 Å². The highest BCUT2D eigenvalue weighted by molar-refractivity contribution is 5.31. The number of hydrogen-bond acceptors (Lipinski definition) is 2. The smallest absolute Gasteiger partial charge is 0.200 e. The quantitative estimate of drug-likeness (QED) is 0.730. The van der Waals surface area contributed by atoms with E-state index in [2.05, 4.69) is 6.92 Å². The van der Waals surface area contributed by atoms with E-state index in [0.717, 1.165) is 32.1 Å². The Morgan fingerprint density at radius 2 is 1.81 bits per heavy atom. The van der Waals surface area contributed by atoms with Gasteiger partial charge in [-0.2, -0.15) is 4.39 Å². The number of aryl methyl sites for hydroxylation is 1. The number of hydrogen-bond donors (Lipinski definition) is 0. The van der Waals surface area contributed by atoms with Crippen LogP contribution in [0.2, 0.25) is 0 Å². The molecule has 4 heteroatoms. The van der Waals surface area contributed by atoms with Gasteiger partial charge in [-0.1, -0.05) is 19.4 Å². The fourth-order valence-corrected chi connectivity index (χ4v) is 2.88. The lowest BCUT2D eigenvalue weighted by molar-refractivity contribution is 0.0360. The lowest BCUT2D eigenvalue weighted by Crippen LogP contribution is -2.12. The molecular formula is C17H24F2O2. The summed E-state index contributed by atoms with van der Waals surface area (Å²) in [6.45, 7) is 4.22. The maximum absolute atomic E-state index is 14.0. The van der Waals surface area contributed by atoms with E-state index in [-0.39, 0.29) is 11.9 Å². The highest BCUT2D eigenvalue weighted by Gasteiger charge is 2.25. The fraction of sp³-hybridized carbons (Fsp3) is 0.647. The zero-order chi connectivity index (χ0) is 15.2. The molecule has 0 aromatic heterocycles. The van der Waals surface area contributed by atoms with Crippen LogP contribution in [0.4, 0.5) is 8.78 Å². The van der Waals surface area contributed by atoms with Crippen LogP contribution in [-0.2, 0) is 11.2 Å². The third-order valence-electron chi connectivity index (χ3n) is 3.97. The minimum atomic E-state index is -0.884. The lowest BCUT2D eigenvalue weighted by Gasteiger charge is -2.14. The molecule has 0 saturated carbocycles. The van der Waals surface area contributed by atoms with Crippen LogP contribution in [0.25, 0.3) is 0 Å². The first-order valence-corrected chi connectivity index (χ1v) is 7.90. The van der Waals surface area contributed by atoms with Crippen molar-refractivity contribution in [3.8, 4) is 5.75 Å². The Balaban J connectivity index is 1.90. The van der Waals surface area contributed by atoms with Gasteiger partial charge in [-0.15, -0.1) is 0 Å². The molecule has 0 N–H and O–H groups in total. The zero-order valence-electron chi connectivity index (χ0n) is 12.8. The Labute approximate surface area is 125 Å². The molecule has 1 fully saturated rings. The minimum absolute atomic E-state index is 0.0149. The third-order valence-corrected chi connectivity index (χ3v) is 3.97. The number of rotatable bonds is 7. The number of halogens is 2. The van der Waals surface area contributed by atoms with Crippen LogP contribution in [0.3, 0.4) is 0 Å². The van der Waals surface area contributed by atoms with Gasteiger partial charge in [-0.05, 0) is 50.7 Å². The van der Waals surface area contributed by atoms with E-state index >= 15 is 0 Å². The van der Waals surface area contributed by atoms with Gasteiger partial charge < -0.3 is 9.47 Å². The molecule has 0 spiro atoms. The molecule has 21 heavy (non-hydrogen) atoms. The van der Waals surface area contributed by atoms with Crippen molar-refractivity contribution in [2.75, 3.05) is 6.61 Å². The topological polar surface area (TPSA) is 18.5 Å². The molecular weight excluding hydrogens is 274 g/mol. The van der Waals surface area contributed by atoms with Gasteiger partial charge in [0.05, 0.1) is 18.8 Å². The van der Waals surface area contributed by atoms with Crippen molar-refractivity contribution in [2.24, 2.45) is 0 Å². The standard InChI is InChI=1S/C17H24F2O2/c1-3-5-13-9-10-14(21-13)8-6-12-7-11-15(20-4-2)17(19)16(12)18/h7,11,13-14H,3-6,8-10H2,1-2H3. The largest absolute Gasteiger partial charge is 0.491 e. The van der Waals surface area contributed by atoms with Crippen LogP contribution in [0, 0.1) is 11.6 Å². The fourth-order valence-electron chi connectivity index (χ4n) is 2.88. The first-order chi connectivity index (χ1) is 10.2. The average Bonchev–Trinajstić information content (AvgIpc) is 2.91. The molecule has 0 bridgehead atoms. The second kappa shape index (κ2) is 7.74. The summed E-state index contributed by atoms with van der Waals surface area (Å²) in [5.74, 6) is -1.69. The molecule has 0 amide bonds. The van der Waals surface area contributed by atoms with Crippen LogP contribution in [0.1, 0.15) is 51.5 Å². The predicted octanol–water partition coefficient (Wildman–Crippen LogP) is 4.64. The highest BCUT2D eigenvalue weighted by Crippen LogP contribution is 2.28. The van der Waals surface area contributed by atoms with E-state index in [0.29, 0.717) is 24.7 Å². The summed E-state index contributed by atoms with van der Waals surface area (Å²) < 4.78 is 38.7. The van der Waals surface area contributed by atoms with Crippen LogP contribution in [0.5, 0.6) is 5.75 Å². The van der Waals surface area contributed by atoms with Gasteiger partial charge in [-0.25, -0.2) is 4.39 Å². The summed E-state index contributed by atoms with van der Waals surface area (Å²) in [4.78, 5) is 0. The molecule has 1 saturated heterocycles. The second-order valence-electron chi connectivity index (χ2n) is 5.57. The Hall–Kier alpha value is -1.16. The van der Waals surface area contributed by atoms with E-state index < -0.39 is 11.6 Å². The van der Waals surface area contributed by atoms with Gasteiger partial charge >= 0.3 is 0 Å². The first-order valence-electron chi connectivity index (χ1n) is 7.90. The van der Waals surface area contributed by atoms with Gasteiger partial charge in [0.2, 0.25) is 5.82 Å². The number of ether oxygens (including phenoxy) is 2. The molecule has 1 aromatic rings. The molecule has 2 nitrogen and oxygen atoms in total. The van der Waals surface area contributed by atoms with Gasteiger partial charge in [0.1, 0.15) is 0 Å². The molecule has 0 radical (unpaired) electrons. The summed E-state index contributed by atoms with van der Waals surface area (Å²) >= 11 is 0. The summed E-state index contributed by atoms with van der Waals surface area (Å²) in [7, 11) is 0. The van der Waals surface area contributed by atoms with Crippen molar-refractivity contribution in [3.63, 3.8) is 0 Å². The van der Waals surface area contributed by atoms with Crippen LogP contribution >= 0.6 is 0 Å². The van der Waals surface area contributed by atoms with Crippen molar-refractivity contribution in [1.29, 1.82) is 0 Å². The lowest BCUT2D eigenvalue weighted by atomic mass is 10.0. The van der Waals surface area contributed by atoms with Crippen molar-refractivity contribution in [2.45, 2.75) is 64.6 Å². The predicted molar refractivity (Wildman–Crippen MR) is 78.7 cm³/mol. The highest BCUT2D eigenvalue weighted by atomic mass is 19.2. The van der Waals surface area contributed by atoms with Crippen molar-refractivity contribution >= 4 is 0 Å².